The van der Waals surface area contributed by atoms with Gasteiger partial charge in [0.05, 0.1) is 0 Å². The molecule has 1 aliphatic carbocycles. The maximum Gasteiger partial charge on any atom is 0.138 e. The van der Waals surface area contributed by atoms with Gasteiger partial charge in [-0.15, -0.1) is 21.5 Å². The first-order valence-electron chi connectivity index (χ1n) is 4.84. The Bertz CT molecular complexity index is 414. The first-order chi connectivity index (χ1) is 6.93. The van der Waals surface area contributed by atoms with Gasteiger partial charge in [-0.2, -0.15) is 0 Å². The molecule has 1 saturated carbocycles. The van der Waals surface area contributed by atoms with Crippen LogP contribution in [0.4, 0.5) is 0 Å². The standard InChI is InChI=1S/C10H11N3S/c1-2-9(14-5-1)6-10-12-11-7-13(10)8-3-4-8/h1-2,5,7-8H,3-4,6H2. The van der Waals surface area contributed by atoms with Crippen LogP contribution in [0.1, 0.15) is 29.6 Å². The molecule has 14 heavy (non-hydrogen) atoms. The molecule has 0 atom stereocenters. The van der Waals surface area contributed by atoms with Gasteiger partial charge in [0.2, 0.25) is 0 Å². The Morgan fingerprint density at radius 3 is 3.14 bits per heavy atom. The van der Waals surface area contributed by atoms with Crippen LogP contribution in [-0.2, 0) is 6.42 Å². The predicted octanol–water partition coefficient (Wildman–Crippen LogP) is 2.27. The Hall–Kier alpha value is -1.16. The summed E-state index contributed by atoms with van der Waals surface area (Å²) < 4.78 is 2.22. The molecule has 3 rings (SSSR count). The van der Waals surface area contributed by atoms with Crippen LogP contribution in [0.25, 0.3) is 0 Å². The van der Waals surface area contributed by atoms with Gasteiger partial charge in [0, 0.05) is 17.3 Å². The van der Waals surface area contributed by atoms with Crippen molar-refractivity contribution in [3.05, 3.63) is 34.5 Å². The first-order valence-corrected chi connectivity index (χ1v) is 5.72. The van der Waals surface area contributed by atoms with Crippen molar-refractivity contribution in [1.29, 1.82) is 0 Å². The van der Waals surface area contributed by atoms with Gasteiger partial charge in [-0.3, -0.25) is 0 Å². The SMILES string of the molecule is c1csc(Cc2nncn2C2CC2)c1. The summed E-state index contributed by atoms with van der Waals surface area (Å²) >= 11 is 1.78. The predicted molar refractivity (Wildman–Crippen MR) is 55.4 cm³/mol. The normalized spacial score (nSPS) is 16.0. The van der Waals surface area contributed by atoms with E-state index >= 15 is 0 Å². The van der Waals surface area contributed by atoms with E-state index in [-0.39, 0.29) is 0 Å². The number of hydrogen-bond acceptors (Lipinski definition) is 3. The zero-order valence-corrected chi connectivity index (χ0v) is 8.57. The van der Waals surface area contributed by atoms with Crippen LogP contribution >= 0.6 is 11.3 Å². The second-order valence-corrected chi connectivity index (χ2v) is 4.67. The third-order valence-electron chi connectivity index (χ3n) is 2.50. The molecule has 1 fully saturated rings. The van der Waals surface area contributed by atoms with Crippen LogP contribution in [0.3, 0.4) is 0 Å². The fraction of sp³-hybridized carbons (Fsp3) is 0.400. The lowest BCUT2D eigenvalue weighted by Crippen LogP contribution is -2.00. The van der Waals surface area contributed by atoms with E-state index in [1.807, 2.05) is 6.33 Å². The smallest absolute Gasteiger partial charge is 0.138 e. The molecule has 3 nitrogen and oxygen atoms in total. The molecule has 0 saturated heterocycles. The van der Waals surface area contributed by atoms with Crippen molar-refractivity contribution in [1.82, 2.24) is 14.8 Å². The minimum atomic E-state index is 0.681. The molecule has 0 spiro atoms. The maximum atomic E-state index is 4.17. The van der Waals surface area contributed by atoms with Gasteiger partial charge < -0.3 is 4.57 Å². The molecular formula is C10H11N3S. The van der Waals surface area contributed by atoms with Crippen LogP contribution in [-0.4, -0.2) is 14.8 Å². The van der Waals surface area contributed by atoms with Crippen LogP contribution in [0.2, 0.25) is 0 Å². The lowest BCUT2D eigenvalue weighted by Gasteiger charge is -2.02. The highest BCUT2D eigenvalue weighted by molar-refractivity contribution is 7.09. The molecule has 0 unspecified atom stereocenters. The topological polar surface area (TPSA) is 30.7 Å². The molecule has 0 aromatic carbocycles. The minimum Gasteiger partial charge on any atom is -0.314 e. The molecule has 0 aliphatic heterocycles. The summed E-state index contributed by atoms with van der Waals surface area (Å²) in [5.74, 6) is 1.11. The molecule has 1 aliphatic rings. The summed E-state index contributed by atoms with van der Waals surface area (Å²) in [5.41, 5.74) is 0. The lowest BCUT2D eigenvalue weighted by molar-refractivity contribution is 0.695. The van der Waals surface area contributed by atoms with E-state index in [1.165, 1.54) is 17.7 Å². The van der Waals surface area contributed by atoms with Crippen molar-refractivity contribution in [3.63, 3.8) is 0 Å². The molecule has 2 heterocycles. The van der Waals surface area contributed by atoms with E-state index < -0.39 is 0 Å². The van der Waals surface area contributed by atoms with Gasteiger partial charge in [-0.05, 0) is 24.3 Å². The van der Waals surface area contributed by atoms with Crippen molar-refractivity contribution in [2.45, 2.75) is 25.3 Å². The fourth-order valence-corrected chi connectivity index (χ4v) is 2.32. The Kier molecular flexibility index (Phi) is 1.87. The van der Waals surface area contributed by atoms with Crippen LogP contribution in [0, 0.1) is 0 Å². The Balaban J connectivity index is 1.85. The molecule has 0 radical (unpaired) electrons. The largest absolute Gasteiger partial charge is 0.314 e. The van der Waals surface area contributed by atoms with E-state index in [2.05, 4.69) is 32.3 Å². The zero-order chi connectivity index (χ0) is 9.38. The summed E-state index contributed by atoms with van der Waals surface area (Å²) in [7, 11) is 0. The van der Waals surface area contributed by atoms with E-state index in [0.717, 1.165) is 12.2 Å². The summed E-state index contributed by atoms with van der Waals surface area (Å²) in [6.07, 6.45) is 5.36. The Labute approximate surface area is 86.4 Å². The number of thiophene rings is 1. The van der Waals surface area contributed by atoms with Crippen molar-refractivity contribution in [2.24, 2.45) is 0 Å². The highest BCUT2D eigenvalue weighted by atomic mass is 32.1. The molecule has 4 heteroatoms. The molecule has 0 N–H and O–H groups in total. The van der Waals surface area contributed by atoms with Gasteiger partial charge in [-0.1, -0.05) is 6.07 Å². The molecule has 0 amide bonds. The molecule has 72 valence electrons. The van der Waals surface area contributed by atoms with E-state index in [1.54, 1.807) is 11.3 Å². The van der Waals surface area contributed by atoms with Crippen molar-refractivity contribution in [3.8, 4) is 0 Å². The number of rotatable bonds is 3. The van der Waals surface area contributed by atoms with Gasteiger partial charge in [0.25, 0.3) is 0 Å². The van der Waals surface area contributed by atoms with E-state index in [4.69, 9.17) is 0 Å². The van der Waals surface area contributed by atoms with E-state index in [0.29, 0.717) is 6.04 Å². The number of aromatic nitrogens is 3. The fourth-order valence-electron chi connectivity index (χ4n) is 1.62. The van der Waals surface area contributed by atoms with Crippen molar-refractivity contribution in [2.75, 3.05) is 0 Å². The minimum absolute atomic E-state index is 0.681. The third-order valence-corrected chi connectivity index (χ3v) is 3.38. The summed E-state index contributed by atoms with van der Waals surface area (Å²) in [5, 5.41) is 10.3. The Morgan fingerprint density at radius 1 is 1.50 bits per heavy atom. The molecule has 2 aromatic heterocycles. The molecule has 0 bridgehead atoms. The summed E-state index contributed by atoms with van der Waals surface area (Å²) in [6.45, 7) is 0. The lowest BCUT2D eigenvalue weighted by atomic mass is 10.3. The second kappa shape index (κ2) is 3.20. The highest BCUT2D eigenvalue weighted by Crippen LogP contribution is 2.35. The van der Waals surface area contributed by atoms with Gasteiger partial charge in [0.15, 0.2) is 0 Å². The average molecular weight is 205 g/mol. The molecule has 2 aromatic rings. The maximum absolute atomic E-state index is 4.17. The highest BCUT2D eigenvalue weighted by Gasteiger charge is 2.25. The Morgan fingerprint density at radius 2 is 2.43 bits per heavy atom. The van der Waals surface area contributed by atoms with Gasteiger partial charge >= 0.3 is 0 Å². The van der Waals surface area contributed by atoms with E-state index in [9.17, 15) is 0 Å². The zero-order valence-electron chi connectivity index (χ0n) is 7.76. The average Bonchev–Trinajstić information content (AvgIpc) is 2.74. The molecular weight excluding hydrogens is 194 g/mol. The van der Waals surface area contributed by atoms with Gasteiger partial charge in [-0.25, -0.2) is 0 Å². The summed E-state index contributed by atoms with van der Waals surface area (Å²) in [4.78, 5) is 1.36. The monoisotopic (exact) mass is 205 g/mol. The second-order valence-electron chi connectivity index (χ2n) is 3.64. The summed E-state index contributed by atoms with van der Waals surface area (Å²) in [6, 6.07) is 4.91. The van der Waals surface area contributed by atoms with Crippen LogP contribution in [0.5, 0.6) is 0 Å². The third kappa shape index (κ3) is 1.46. The van der Waals surface area contributed by atoms with Crippen molar-refractivity contribution >= 4 is 11.3 Å². The number of nitrogens with zero attached hydrogens (tertiary/aromatic N) is 3. The number of hydrogen-bond donors (Lipinski definition) is 0. The quantitative estimate of drug-likeness (QED) is 0.769. The van der Waals surface area contributed by atoms with Crippen molar-refractivity contribution < 1.29 is 0 Å². The van der Waals surface area contributed by atoms with Crippen LogP contribution < -0.4 is 0 Å². The van der Waals surface area contributed by atoms with Gasteiger partial charge in [0.1, 0.15) is 12.2 Å². The first kappa shape index (κ1) is 8.17. The van der Waals surface area contributed by atoms with Crippen LogP contribution in [0.15, 0.2) is 23.8 Å².